The molecule has 0 spiro atoms. The van der Waals surface area contributed by atoms with Gasteiger partial charge in [-0.1, -0.05) is 18.2 Å². The fourth-order valence-corrected chi connectivity index (χ4v) is 2.63. The van der Waals surface area contributed by atoms with E-state index in [0.29, 0.717) is 6.79 Å². The summed E-state index contributed by atoms with van der Waals surface area (Å²) in [6, 6.07) is 12.1. The van der Waals surface area contributed by atoms with Gasteiger partial charge in [-0.2, -0.15) is 0 Å². The van der Waals surface area contributed by atoms with Crippen molar-refractivity contribution in [3.05, 3.63) is 47.5 Å². The lowest BCUT2D eigenvalue weighted by Gasteiger charge is -2.28. The number of anilines is 1. The highest BCUT2D eigenvalue weighted by atomic mass is 16.7. The molecule has 20 heavy (non-hydrogen) atoms. The van der Waals surface area contributed by atoms with Crippen LogP contribution in [0.2, 0.25) is 0 Å². The maximum absolute atomic E-state index is 6.15. The van der Waals surface area contributed by atoms with Gasteiger partial charge in [-0.25, -0.2) is 0 Å². The average Bonchev–Trinajstić information content (AvgIpc) is 2.95. The Bertz CT molecular complexity index is 669. The van der Waals surface area contributed by atoms with Gasteiger partial charge in [-0.15, -0.1) is 0 Å². The fraction of sp³-hybridized carbons (Fsp3) is 0.250. The molecule has 2 aromatic carbocycles. The summed E-state index contributed by atoms with van der Waals surface area (Å²) in [5.74, 6) is 2.53. The van der Waals surface area contributed by atoms with Crippen molar-refractivity contribution in [1.82, 2.24) is 0 Å². The Morgan fingerprint density at radius 3 is 2.95 bits per heavy atom. The first-order valence-electron chi connectivity index (χ1n) is 6.71. The van der Waals surface area contributed by atoms with E-state index >= 15 is 0 Å². The lowest BCUT2D eigenvalue weighted by molar-refractivity contribution is 0.173. The van der Waals surface area contributed by atoms with E-state index in [1.54, 1.807) is 0 Å². The number of ether oxygens (including phenoxy) is 3. The Hall–Kier alpha value is -2.36. The molecule has 1 atom stereocenters. The lowest BCUT2D eigenvalue weighted by Crippen LogP contribution is -2.24. The van der Waals surface area contributed by atoms with E-state index in [1.807, 2.05) is 30.3 Å². The third-order valence-corrected chi connectivity index (χ3v) is 3.72. The Morgan fingerprint density at radius 2 is 2.00 bits per heavy atom. The van der Waals surface area contributed by atoms with Crippen LogP contribution in [0.15, 0.2) is 36.4 Å². The maximum Gasteiger partial charge on any atom is 0.231 e. The summed E-state index contributed by atoms with van der Waals surface area (Å²) in [5, 5.41) is 3.42. The second-order valence-electron chi connectivity index (χ2n) is 5.05. The Labute approximate surface area is 117 Å². The van der Waals surface area contributed by atoms with Crippen LogP contribution < -0.4 is 19.5 Å². The van der Waals surface area contributed by atoms with Gasteiger partial charge in [0.1, 0.15) is 11.9 Å². The molecule has 0 aliphatic carbocycles. The SMILES string of the molecule is Cc1cccc2c1OC(c1ccc3c(c1)OCO3)CN2. The molecule has 0 saturated heterocycles. The number of hydrogen-bond acceptors (Lipinski definition) is 4. The van der Waals surface area contributed by atoms with E-state index < -0.39 is 0 Å². The number of fused-ring (bicyclic) bond motifs is 2. The number of rotatable bonds is 1. The monoisotopic (exact) mass is 269 g/mol. The predicted molar refractivity (Wildman–Crippen MR) is 75.6 cm³/mol. The standard InChI is InChI=1S/C16H15NO3/c1-10-3-2-4-12-16(10)20-15(8-17-12)11-5-6-13-14(7-11)19-9-18-13/h2-7,15,17H,8-9H2,1H3. The first-order chi connectivity index (χ1) is 9.81. The van der Waals surface area contributed by atoms with Crippen LogP contribution in [0, 0.1) is 6.92 Å². The van der Waals surface area contributed by atoms with Crippen molar-refractivity contribution in [2.45, 2.75) is 13.0 Å². The molecular weight excluding hydrogens is 254 g/mol. The number of hydrogen-bond donors (Lipinski definition) is 1. The largest absolute Gasteiger partial charge is 0.481 e. The third-order valence-electron chi connectivity index (χ3n) is 3.72. The quantitative estimate of drug-likeness (QED) is 0.862. The van der Waals surface area contributed by atoms with E-state index in [4.69, 9.17) is 14.2 Å². The zero-order valence-corrected chi connectivity index (χ0v) is 11.2. The summed E-state index contributed by atoms with van der Waals surface area (Å²) in [5.41, 5.74) is 3.29. The molecule has 0 radical (unpaired) electrons. The molecule has 1 unspecified atom stereocenters. The lowest BCUT2D eigenvalue weighted by atomic mass is 10.1. The highest BCUT2D eigenvalue weighted by Gasteiger charge is 2.24. The van der Waals surface area contributed by atoms with Crippen LogP contribution in [0.4, 0.5) is 5.69 Å². The van der Waals surface area contributed by atoms with Gasteiger partial charge in [0.25, 0.3) is 0 Å². The van der Waals surface area contributed by atoms with Gasteiger partial charge in [0, 0.05) is 0 Å². The van der Waals surface area contributed by atoms with Crippen LogP contribution in [-0.2, 0) is 0 Å². The Kier molecular flexibility index (Phi) is 2.49. The summed E-state index contributed by atoms with van der Waals surface area (Å²) < 4.78 is 16.9. The zero-order valence-electron chi connectivity index (χ0n) is 11.2. The van der Waals surface area contributed by atoms with E-state index in [1.165, 1.54) is 0 Å². The molecule has 2 aliphatic rings. The average molecular weight is 269 g/mol. The first kappa shape index (κ1) is 11.5. The summed E-state index contributed by atoms with van der Waals surface area (Å²) in [4.78, 5) is 0. The highest BCUT2D eigenvalue weighted by molar-refractivity contribution is 5.61. The van der Waals surface area contributed by atoms with Gasteiger partial charge in [0.2, 0.25) is 6.79 Å². The van der Waals surface area contributed by atoms with Crippen LogP contribution in [0.5, 0.6) is 17.2 Å². The molecule has 102 valence electrons. The topological polar surface area (TPSA) is 39.7 Å². The van der Waals surface area contributed by atoms with E-state index in [9.17, 15) is 0 Å². The summed E-state index contributed by atoms with van der Waals surface area (Å²) >= 11 is 0. The number of benzene rings is 2. The zero-order chi connectivity index (χ0) is 13.5. The third kappa shape index (κ3) is 1.76. The van der Waals surface area contributed by atoms with Gasteiger partial charge in [0.15, 0.2) is 11.5 Å². The van der Waals surface area contributed by atoms with Gasteiger partial charge in [0.05, 0.1) is 12.2 Å². The molecule has 2 aromatic rings. The molecule has 2 aliphatic heterocycles. The van der Waals surface area contributed by atoms with Crippen molar-refractivity contribution >= 4 is 5.69 Å². The van der Waals surface area contributed by atoms with Crippen molar-refractivity contribution in [2.75, 3.05) is 18.7 Å². The van der Waals surface area contributed by atoms with Gasteiger partial charge >= 0.3 is 0 Å². The van der Waals surface area contributed by atoms with Crippen molar-refractivity contribution in [3.63, 3.8) is 0 Å². The van der Waals surface area contributed by atoms with Crippen molar-refractivity contribution in [3.8, 4) is 17.2 Å². The van der Waals surface area contributed by atoms with Gasteiger partial charge in [-0.3, -0.25) is 0 Å². The molecular formula is C16H15NO3. The first-order valence-corrected chi connectivity index (χ1v) is 6.71. The van der Waals surface area contributed by atoms with E-state index in [-0.39, 0.29) is 6.10 Å². The van der Waals surface area contributed by atoms with Crippen molar-refractivity contribution < 1.29 is 14.2 Å². The fourth-order valence-electron chi connectivity index (χ4n) is 2.63. The molecule has 0 amide bonds. The minimum Gasteiger partial charge on any atom is -0.481 e. The molecule has 0 saturated carbocycles. The van der Waals surface area contributed by atoms with E-state index in [2.05, 4.69) is 18.3 Å². The molecule has 0 aromatic heterocycles. The normalized spacial score (nSPS) is 18.9. The van der Waals surface area contributed by atoms with Crippen molar-refractivity contribution in [2.24, 2.45) is 0 Å². The predicted octanol–water partition coefficient (Wildman–Crippen LogP) is 3.27. The molecule has 0 bridgehead atoms. The Balaban J connectivity index is 1.66. The van der Waals surface area contributed by atoms with Crippen LogP contribution in [0.3, 0.4) is 0 Å². The van der Waals surface area contributed by atoms with Gasteiger partial charge < -0.3 is 19.5 Å². The summed E-state index contributed by atoms with van der Waals surface area (Å²) in [6.45, 7) is 3.10. The molecule has 4 rings (SSSR count). The minimum absolute atomic E-state index is 0.0156. The van der Waals surface area contributed by atoms with E-state index in [0.717, 1.165) is 40.6 Å². The molecule has 0 fully saturated rings. The molecule has 2 heterocycles. The van der Waals surface area contributed by atoms with Crippen molar-refractivity contribution in [1.29, 1.82) is 0 Å². The number of nitrogens with one attached hydrogen (secondary N) is 1. The molecule has 4 nitrogen and oxygen atoms in total. The second kappa shape index (κ2) is 4.34. The number of aryl methyl sites for hydroxylation is 1. The summed E-state index contributed by atoms with van der Waals surface area (Å²) in [6.07, 6.45) is -0.0156. The van der Waals surface area contributed by atoms with Crippen LogP contribution in [0.1, 0.15) is 17.2 Å². The molecule has 4 heteroatoms. The number of para-hydroxylation sites is 1. The minimum atomic E-state index is -0.0156. The van der Waals surface area contributed by atoms with Crippen LogP contribution in [-0.4, -0.2) is 13.3 Å². The molecule has 1 N–H and O–H groups in total. The smallest absolute Gasteiger partial charge is 0.231 e. The highest BCUT2D eigenvalue weighted by Crippen LogP contribution is 2.39. The Morgan fingerprint density at radius 1 is 1.10 bits per heavy atom. The summed E-state index contributed by atoms with van der Waals surface area (Å²) in [7, 11) is 0. The maximum atomic E-state index is 6.15. The van der Waals surface area contributed by atoms with Gasteiger partial charge in [-0.05, 0) is 36.2 Å². The second-order valence-corrected chi connectivity index (χ2v) is 5.05. The van der Waals surface area contributed by atoms with Crippen LogP contribution >= 0.6 is 0 Å². The van der Waals surface area contributed by atoms with Crippen LogP contribution in [0.25, 0.3) is 0 Å².